The van der Waals surface area contributed by atoms with Crippen molar-refractivity contribution in [1.82, 2.24) is 4.31 Å². The monoisotopic (exact) mass is 281 g/mol. The van der Waals surface area contributed by atoms with Crippen molar-refractivity contribution in [3.05, 3.63) is 47.8 Å². The molecule has 19 heavy (non-hydrogen) atoms. The molecule has 2 bridgehead atoms. The maximum Gasteiger partial charge on any atom is 0.219 e. The standard InChI is InChI=1S/C14H16FNO2S/c15-12-6-4-11(5-7-12)10-19(17,18)16-13-2-1-3-14(16)9-8-13/h1-2,4-7,13-14H,3,8-10H2. The fourth-order valence-electron chi connectivity index (χ4n) is 2.98. The van der Waals surface area contributed by atoms with Gasteiger partial charge in [0.1, 0.15) is 5.82 Å². The van der Waals surface area contributed by atoms with Gasteiger partial charge in [-0.25, -0.2) is 12.8 Å². The van der Waals surface area contributed by atoms with Crippen LogP contribution >= 0.6 is 0 Å². The van der Waals surface area contributed by atoms with E-state index >= 15 is 0 Å². The Morgan fingerprint density at radius 3 is 2.63 bits per heavy atom. The highest BCUT2D eigenvalue weighted by molar-refractivity contribution is 7.88. The molecule has 0 amide bonds. The summed E-state index contributed by atoms with van der Waals surface area (Å²) in [6.45, 7) is 0. The van der Waals surface area contributed by atoms with Crippen molar-refractivity contribution in [2.45, 2.75) is 37.1 Å². The molecule has 1 aromatic rings. The van der Waals surface area contributed by atoms with Gasteiger partial charge in [-0.3, -0.25) is 0 Å². The van der Waals surface area contributed by atoms with E-state index in [1.165, 1.54) is 24.3 Å². The van der Waals surface area contributed by atoms with Crippen molar-refractivity contribution in [1.29, 1.82) is 0 Å². The molecule has 5 heteroatoms. The highest BCUT2D eigenvalue weighted by Crippen LogP contribution is 2.34. The van der Waals surface area contributed by atoms with Gasteiger partial charge in [-0.2, -0.15) is 4.31 Å². The second-order valence-corrected chi connectivity index (χ2v) is 7.05. The zero-order valence-corrected chi connectivity index (χ0v) is 11.3. The average molecular weight is 281 g/mol. The highest BCUT2D eigenvalue weighted by atomic mass is 32.2. The summed E-state index contributed by atoms with van der Waals surface area (Å²) in [7, 11) is -3.33. The molecule has 2 aliphatic rings. The number of fused-ring (bicyclic) bond motifs is 2. The first-order chi connectivity index (χ1) is 9.06. The first-order valence-corrected chi connectivity index (χ1v) is 8.09. The van der Waals surface area contributed by atoms with Crippen molar-refractivity contribution < 1.29 is 12.8 Å². The van der Waals surface area contributed by atoms with Gasteiger partial charge in [-0.15, -0.1) is 0 Å². The van der Waals surface area contributed by atoms with E-state index < -0.39 is 10.0 Å². The Balaban J connectivity index is 1.83. The Hall–Kier alpha value is -1.20. The largest absolute Gasteiger partial charge is 0.219 e. The van der Waals surface area contributed by atoms with Gasteiger partial charge in [0.2, 0.25) is 10.0 Å². The summed E-state index contributed by atoms with van der Waals surface area (Å²) >= 11 is 0. The number of sulfonamides is 1. The second-order valence-electron chi connectivity index (χ2n) is 5.17. The number of benzene rings is 1. The number of hydrogen-bond acceptors (Lipinski definition) is 2. The molecular weight excluding hydrogens is 265 g/mol. The quantitative estimate of drug-likeness (QED) is 0.798. The van der Waals surface area contributed by atoms with Crippen LogP contribution in [0.25, 0.3) is 0 Å². The molecule has 0 N–H and O–H groups in total. The molecule has 2 heterocycles. The minimum Gasteiger partial charge on any atom is -0.212 e. The van der Waals surface area contributed by atoms with E-state index in [4.69, 9.17) is 0 Å². The number of nitrogens with zero attached hydrogens (tertiary/aromatic N) is 1. The smallest absolute Gasteiger partial charge is 0.212 e. The summed E-state index contributed by atoms with van der Waals surface area (Å²) in [5, 5.41) is 0. The van der Waals surface area contributed by atoms with Crippen LogP contribution < -0.4 is 0 Å². The van der Waals surface area contributed by atoms with Crippen molar-refractivity contribution in [3.8, 4) is 0 Å². The number of hydrogen-bond donors (Lipinski definition) is 0. The summed E-state index contributed by atoms with van der Waals surface area (Å²) < 4.78 is 39.5. The van der Waals surface area contributed by atoms with Crippen LogP contribution in [0.2, 0.25) is 0 Å². The van der Waals surface area contributed by atoms with Gasteiger partial charge in [0, 0.05) is 12.1 Å². The molecule has 3 rings (SSSR count). The Bertz CT molecular complexity index is 594. The van der Waals surface area contributed by atoms with E-state index in [0.717, 1.165) is 19.3 Å². The van der Waals surface area contributed by atoms with Gasteiger partial charge < -0.3 is 0 Å². The zero-order valence-electron chi connectivity index (χ0n) is 10.5. The molecule has 0 aliphatic carbocycles. The topological polar surface area (TPSA) is 37.4 Å². The molecule has 1 aromatic carbocycles. The third kappa shape index (κ3) is 2.44. The van der Waals surface area contributed by atoms with Crippen molar-refractivity contribution in [2.75, 3.05) is 0 Å². The van der Waals surface area contributed by atoms with Gasteiger partial charge in [0.15, 0.2) is 0 Å². The summed E-state index contributed by atoms with van der Waals surface area (Å²) in [5.74, 6) is -0.393. The van der Waals surface area contributed by atoms with Crippen LogP contribution in [-0.2, 0) is 15.8 Å². The molecule has 0 saturated carbocycles. The average Bonchev–Trinajstić information content (AvgIpc) is 2.64. The Labute approximate surface area is 112 Å². The molecule has 1 saturated heterocycles. The minimum absolute atomic E-state index is 0.0178. The Morgan fingerprint density at radius 2 is 1.95 bits per heavy atom. The van der Waals surface area contributed by atoms with E-state index in [-0.39, 0.29) is 23.7 Å². The van der Waals surface area contributed by atoms with E-state index in [9.17, 15) is 12.8 Å². The highest BCUT2D eigenvalue weighted by Gasteiger charge is 2.41. The van der Waals surface area contributed by atoms with Gasteiger partial charge in [0.05, 0.1) is 5.75 Å². The zero-order chi connectivity index (χ0) is 13.5. The van der Waals surface area contributed by atoms with Crippen LogP contribution in [0.5, 0.6) is 0 Å². The summed E-state index contributed by atoms with van der Waals surface area (Å²) in [6.07, 6.45) is 6.71. The van der Waals surface area contributed by atoms with E-state index in [2.05, 4.69) is 6.08 Å². The van der Waals surface area contributed by atoms with Crippen molar-refractivity contribution in [3.63, 3.8) is 0 Å². The fourth-order valence-corrected chi connectivity index (χ4v) is 4.98. The van der Waals surface area contributed by atoms with Crippen molar-refractivity contribution in [2.24, 2.45) is 0 Å². The van der Waals surface area contributed by atoms with Crippen LogP contribution in [-0.4, -0.2) is 24.8 Å². The lowest BCUT2D eigenvalue weighted by Crippen LogP contribution is -2.42. The molecule has 2 atom stereocenters. The van der Waals surface area contributed by atoms with E-state index in [0.29, 0.717) is 5.56 Å². The van der Waals surface area contributed by atoms with Crippen molar-refractivity contribution >= 4 is 10.0 Å². The molecule has 1 fully saturated rings. The molecular formula is C14H16FNO2S. The second kappa shape index (κ2) is 4.72. The van der Waals surface area contributed by atoms with E-state index in [1.807, 2.05) is 6.08 Å². The summed E-state index contributed by atoms with van der Waals surface area (Å²) in [6, 6.07) is 5.80. The normalized spacial score (nSPS) is 26.8. The summed E-state index contributed by atoms with van der Waals surface area (Å²) in [4.78, 5) is 0. The molecule has 3 nitrogen and oxygen atoms in total. The van der Waals surface area contributed by atoms with Crippen LogP contribution in [0.1, 0.15) is 24.8 Å². The molecule has 2 unspecified atom stereocenters. The minimum atomic E-state index is -3.33. The molecule has 2 aliphatic heterocycles. The molecule has 0 radical (unpaired) electrons. The van der Waals surface area contributed by atoms with Gasteiger partial charge in [0.25, 0.3) is 0 Å². The maximum absolute atomic E-state index is 12.8. The fraction of sp³-hybridized carbons (Fsp3) is 0.429. The first-order valence-electron chi connectivity index (χ1n) is 6.48. The summed E-state index contributed by atoms with van der Waals surface area (Å²) in [5.41, 5.74) is 0.635. The Morgan fingerprint density at radius 1 is 1.21 bits per heavy atom. The third-order valence-electron chi connectivity index (χ3n) is 3.83. The SMILES string of the molecule is O=S(=O)(Cc1ccc(F)cc1)N1C2C=CCC1CC2. The van der Waals surface area contributed by atoms with Gasteiger partial charge in [-0.1, -0.05) is 24.3 Å². The number of rotatable bonds is 3. The van der Waals surface area contributed by atoms with Gasteiger partial charge in [-0.05, 0) is 37.0 Å². The lowest BCUT2D eigenvalue weighted by molar-refractivity contribution is 0.340. The Kier molecular flexibility index (Phi) is 3.19. The van der Waals surface area contributed by atoms with E-state index in [1.54, 1.807) is 4.31 Å². The van der Waals surface area contributed by atoms with Crippen LogP contribution in [0, 0.1) is 5.82 Å². The predicted molar refractivity (Wildman–Crippen MR) is 71.4 cm³/mol. The number of halogens is 1. The van der Waals surface area contributed by atoms with Crippen LogP contribution in [0.3, 0.4) is 0 Å². The molecule has 102 valence electrons. The lowest BCUT2D eigenvalue weighted by Gasteiger charge is -2.30. The molecule has 0 aromatic heterocycles. The van der Waals surface area contributed by atoms with Crippen LogP contribution in [0.15, 0.2) is 36.4 Å². The lowest BCUT2D eigenvalue weighted by atomic mass is 10.2. The first kappa shape index (κ1) is 12.8. The molecule has 0 spiro atoms. The van der Waals surface area contributed by atoms with Gasteiger partial charge >= 0.3 is 0 Å². The third-order valence-corrected chi connectivity index (χ3v) is 5.74. The predicted octanol–water partition coefficient (Wildman–Crippen LogP) is 2.45. The van der Waals surface area contributed by atoms with Crippen LogP contribution in [0.4, 0.5) is 4.39 Å². The maximum atomic E-state index is 12.8.